The van der Waals surface area contributed by atoms with Crippen LogP contribution in [0.2, 0.25) is 0 Å². The van der Waals surface area contributed by atoms with Crippen LogP contribution in [0, 0.1) is 13.8 Å². The Bertz CT molecular complexity index is 1080. The fourth-order valence-corrected chi connectivity index (χ4v) is 4.23. The SMILES string of the molecule is Cc1ccc(OCCNS(=O)(=O)c2nnc(NC(=O)c3ccc(C)cc3)s2)cc1. The van der Waals surface area contributed by atoms with E-state index in [1.54, 1.807) is 12.1 Å². The van der Waals surface area contributed by atoms with Crippen LogP contribution >= 0.6 is 11.3 Å². The second kappa shape index (κ2) is 9.12. The maximum Gasteiger partial charge on any atom is 0.269 e. The van der Waals surface area contributed by atoms with Crippen LogP contribution in [0.25, 0.3) is 0 Å². The normalized spacial score (nSPS) is 11.2. The summed E-state index contributed by atoms with van der Waals surface area (Å²) in [5.74, 6) is 0.274. The van der Waals surface area contributed by atoms with Gasteiger partial charge in [-0.15, -0.1) is 10.2 Å². The molecule has 3 aromatic rings. The van der Waals surface area contributed by atoms with Crippen LogP contribution in [-0.4, -0.2) is 37.7 Å². The van der Waals surface area contributed by atoms with Gasteiger partial charge in [0.05, 0.1) is 0 Å². The zero-order valence-electron chi connectivity index (χ0n) is 15.9. The Morgan fingerprint density at radius 1 is 1.00 bits per heavy atom. The lowest BCUT2D eigenvalue weighted by Crippen LogP contribution is -2.28. The second-order valence-electron chi connectivity index (χ2n) is 6.25. The van der Waals surface area contributed by atoms with Crippen LogP contribution in [0.5, 0.6) is 5.75 Å². The monoisotopic (exact) mass is 432 g/mol. The van der Waals surface area contributed by atoms with Crippen molar-refractivity contribution in [3.63, 3.8) is 0 Å². The average Bonchev–Trinajstić information content (AvgIpc) is 3.16. The highest BCUT2D eigenvalue weighted by Crippen LogP contribution is 2.20. The molecule has 0 aliphatic heterocycles. The first kappa shape index (κ1) is 20.9. The third-order valence-electron chi connectivity index (χ3n) is 3.85. The molecule has 0 bridgehead atoms. The Hall–Kier alpha value is -2.82. The van der Waals surface area contributed by atoms with Gasteiger partial charge in [-0.25, -0.2) is 13.1 Å². The van der Waals surface area contributed by atoms with Crippen molar-refractivity contribution in [3.05, 3.63) is 65.2 Å². The fourth-order valence-electron chi connectivity index (χ4n) is 2.28. The first-order chi connectivity index (χ1) is 13.8. The number of anilines is 1. The Labute approximate surface area is 173 Å². The maximum atomic E-state index is 12.3. The van der Waals surface area contributed by atoms with Crippen molar-refractivity contribution in [3.8, 4) is 5.75 Å². The molecule has 0 radical (unpaired) electrons. The van der Waals surface area contributed by atoms with E-state index in [4.69, 9.17) is 4.74 Å². The lowest BCUT2D eigenvalue weighted by Gasteiger charge is -2.07. The van der Waals surface area contributed by atoms with Gasteiger partial charge in [-0.3, -0.25) is 10.1 Å². The smallest absolute Gasteiger partial charge is 0.269 e. The van der Waals surface area contributed by atoms with Crippen molar-refractivity contribution in [2.24, 2.45) is 0 Å². The number of nitrogens with zero attached hydrogens (tertiary/aromatic N) is 2. The molecule has 8 nitrogen and oxygen atoms in total. The first-order valence-corrected chi connectivity index (χ1v) is 11.0. The molecular weight excluding hydrogens is 412 g/mol. The van der Waals surface area contributed by atoms with Gasteiger partial charge in [0, 0.05) is 12.1 Å². The fraction of sp³-hybridized carbons (Fsp3) is 0.211. The van der Waals surface area contributed by atoms with E-state index in [9.17, 15) is 13.2 Å². The molecule has 0 saturated heterocycles. The lowest BCUT2D eigenvalue weighted by atomic mass is 10.1. The number of nitrogens with one attached hydrogen (secondary N) is 2. The Morgan fingerprint density at radius 3 is 2.28 bits per heavy atom. The molecule has 0 fully saturated rings. The number of aryl methyl sites for hydroxylation is 2. The van der Waals surface area contributed by atoms with Gasteiger partial charge >= 0.3 is 0 Å². The third-order valence-corrected chi connectivity index (χ3v) is 6.52. The minimum atomic E-state index is -3.84. The van der Waals surface area contributed by atoms with E-state index >= 15 is 0 Å². The molecule has 10 heteroatoms. The molecule has 0 atom stereocenters. The molecule has 0 saturated carbocycles. The molecule has 3 rings (SSSR count). The van der Waals surface area contributed by atoms with Crippen molar-refractivity contribution in [1.29, 1.82) is 0 Å². The minimum Gasteiger partial charge on any atom is -0.492 e. The molecule has 0 aliphatic rings. The molecular formula is C19H20N4O4S2. The van der Waals surface area contributed by atoms with Gasteiger partial charge in [0.2, 0.25) is 9.47 Å². The zero-order valence-corrected chi connectivity index (χ0v) is 17.5. The summed E-state index contributed by atoms with van der Waals surface area (Å²) in [6.07, 6.45) is 0. The molecule has 2 aromatic carbocycles. The predicted molar refractivity (Wildman–Crippen MR) is 111 cm³/mol. The largest absolute Gasteiger partial charge is 0.492 e. The van der Waals surface area contributed by atoms with Crippen LogP contribution in [-0.2, 0) is 10.0 Å². The number of aromatic nitrogens is 2. The quantitative estimate of drug-likeness (QED) is 0.418. The number of hydrogen-bond donors (Lipinski definition) is 2. The van der Waals surface area contributed by atoms with E-state index in [-0.39, 0.29) is 28.5 Å². The Kier molecular flexibility index (Phi) is 6.57. The molecule has 2 N–H and O–H groups in total. The summed E-state index contributed by atoms with van der Waals surface area (Å²) in [7, 11) is -3.84. The van der Waals surface area contributed by atoms with E-state index in [2.05, 4.69) is 20.2 Å². The van der Waals surface area contributed by atoms with Crippen molar-refractivity contribution in [2.45, 2.75) is 18.2 Å². The number of amides is 1. The maximum absolute atomic E-state index is 12.3. The van der Waals surface area contributed by atoms with E-state index in [1.165, 1.54) is 0 Å². The number of rotatable bonds is 8. The number of carbonyl (C=O) groups excluding carboxylic acids is 1. The zero-order chi connectivity index (χ0) is 20.9. The van der Waals surface area contributed by atoms with Crippen LogP contribution in [0.3, 0.4) is 0 Å². The Balaban J connectivity index is 1.53. The van der Waals surface area contributed by atoms with Gasteiger partial charge in [0.15, 0.2) is 0 Å². The number of hydrogen-bond acceptors (Lipinski definition) is 7. The van der Waals surface area contributed by atoms with Crippen LogP contribution in [0.4, 0.5) is 5.13 Å². The van der Waals surface area contributed by atoms with Crippen LogP contribution in [0.15, 0.2) is 52.9 Å². The molecule has 1 amide bonds. The van der Waals surface area contributed by atoms with Crippen molar-refractivity contribution >= 4 is 32.4 Å². The summed E-state index contributed by atoms with van der Waals surface area (Å²) < 4.78 is 32.3. The van der Waals surface area contributed by atoms with E-state index in [0.717, 1.165) is 22.5 Å². The van der Waals surface area contributed by atoms with E-state index in [0.29, 0.717) is 11.3 Å². The molecule has 0 aliphatic carbocycles. The summed E-state index contributed by atoms with van der Waals surface area (Å²) in [6, 6.07) is 14.4. The highest BCUT2D eigenvalue weighted by atomic mass is 32.2. The van der Waals surface area contributed by atoms with Gasteiger partial charge in [0.1, 0.15) is 12.4 Å². The minimum absolute atomic E-state index is 0.0703. The number of benzene rings is 2. The highest BCUT2D eigenvalue weighted by Gasteiger charge is 2.20. The summed E-state index contributed by atoms with van der Waals surface area (Å²) in [6.45, 7) is 4.12. The third kappa shape index (κ3) is 5.83. The Morgan fingerprint density at radius 2 is 1.62 bits per heavy atom. The predicted octanol–water partition coefficient (Wildman–Crippen LogP) is 2.76. The molecule has 0 unspecified atom stereocenters. The van der Waals surface area contributed by atoms with Crippen molar-refractivity contribution in [1.82, 2.24) is 14.9 Å². The summed E-state index contributed by atoms with van der Waals surface area (Å²) in [5, 5.41) is 10.0. The highest BCUT2D eigenvalue weighted by molar-refractivity contribution is 7.91. The first-order valence-electron chi connectivity index (χ1n) is 8.74. The van der Waals surface area contributed by atoms with Crippen molar-refractivity contribution in [2.75, 3.05) is 18.5 Å². The van der Waals surface area contributed by atoms with Crippen LogP contribution in [0.1, 0.15) is 21.5 Å². The number of sulfonamides is 1. The average molecular weight is 433 g/mol. The van der Waals surface area contributed by atoms with Gasteiger partial charge in [-0.05, 0) is 38.1 Å². The van der Waals surface area contributed by atoms with Gasteiger partial charge in [-0.2, -0.15) is 0 Å². The van der Waals surface area contributed by atoms with Gasteiger partial charge in [0.25, 0.3) is 15.9 Å². The molecule has 0 spiro atoms. The number of ether oxygens (including phenoxy) is 1. The molecule has 152 valence electrons. The topological polar surface area (TPSA) is 110 Å². The molecule has 1 heterocycles. The lowest BCUT2D eigenvalue weighted by molar-refractivity contribution is 0.102. The summed E-state index contributed by atoms with van der Waals surface area (Å²) >= 11 is 0.777. The van der Waals surface area contributed by atoms with Crippen molar-refractivity contribution < 1.29 is 17.9 Å². The van der Waals surface area contributed by atoms with Gasteiger partial charge in [-0.1, -0.05) is 46.7 Å². The van der Waals surface area contributed by atoms with Gasteiger partial charge < -0.3 is 4.74 Å². The van der Waals surface area contributed by atoms with Crippen LogP contribution < -0.4 is 14.8 Å². The number of carbonyl (C=O) groups is 1. The van der Waals surface area contributed by atoms with E-state index in [1.807, 2.05) is 50.2 Å². The summed E-state index contributed by atoms with van der Waals surface area (Å²) in [5.41, 5.74) is 2.59. The summed E-state index contributed by atoms with van der Waals surface area (Å²) in [4.78, 5) is 12.2. The molecule has 1 aromatic heterocycles. The molecule has 29 heavy (non-hydrogen) atoms. The standard InChI is InChI=1S/C19H20N4O4S2/c1-13-3-7-15(8-4-13)17(24)21-18-22-23-19(28-18)29(25,26)20-11-12-27-16-9-5-14(2)6-10-16/h3-10,20H,11-12H2,1-2H3,(H,21,22,24). The van der Waals surface area contributed by atoms with E-state index < -0.39 is 10.0 Å². The second-order valence-corrected chi connectivity index (χ2v) is 9.17.